The zero-order valence-corrected chi connectivity index (χ0v) is 11.2. The van der Waals surface area contributed by atoms with Crippen molar-refractivity contribution in [2.24, 2.45) is 11.8 Å². The van der Waals surface area contributed by atoms with Crippen molar-refractivity contribution in [1.82, 2.24) is 5.32 Å². The van der Waals surface area contributed by atoms with E-state index in [-0.39, 0.29) is 23.9 Å². The van der Waals surface area contributed by atoms with E-state index in [1.807, 2.05) is 0 Å². The van der Waals surface area contributed by atoms with Crippen molar-refractivity contribution >= 4 is 5.97 Å². The molecule has 1 aliphatic carbocycles. The van der Waals surface area contributed by atoms with E-state index in [0.29, 0.717) is 13.0 Å². The fourth-order valence-electron chi connectivity index (χ4n) is 2.86. The zero-order chi connectivity index (χ0) is 14.5. The molecule has 0 saturated heterocycles. The SMILES string of the molecule is O=C(O)C1CCCCC1CNCc1c(F)cccc1F. The van der Waals surface area contributed by atoms with E-state index in [2.05, 4.69) is 5.32 Å². The summed E-state index contributed by atoms with van der Waals surface area (Å²) in [6, 6.07) is 3.78. The topological polar surface area (TPSA) is 49.3 Å². The van der Waals surface area contributed by atoms with Gasteiger partial charge in [-0.25, -0.2) is 8.78 Å². The Morgan fingerprint density at radius 3 is 2.55 bits per heavy atom. The van der Waals surface area contributed by atoms with Gasteiger partial charge in [0.05, 0.1) is 5.92 Å². The maximum Gasteiger partial charge on any atom is 0.306 e. The summed E-state index contributed by atoms with van der Waals surface area (Å²) in [7, 11) is 0. The van der Waals surface area contributed by atoms with Crippen LogP contribution >= 0.6 is 0 Å². The van der Waals surface area contributed by atoms with E-state index >= 15 is 0 Å². The van der Waals surface area contributed by atoms with Gasteiger partial charge < -0.3 is 10.4 Å². The molecule has 110 valence electrons. The average Bonchev–Trinajstić information content (AvgIpc) is 2.42. The van der Waals surface area contributed by atoms with Crippen LogP contribution in [0, 0.1) is 23.5 Å². The molecule has 2 rings (SSSR count). The molecule has 5 heteroatoms. The maximum atomic E-state index is 13.4. The van der Waals surface area contributed by atoms with Gasteiger partial charge >= 0.3 is 5.97 Å². The van der Waals surface area contributed by atoms with Crippen LogP contribution in [0.15, 0.2) is 18.2 Å². The van der Waals surface area contributed by atoms with Crippen molar-refractivity contribution in [3.8, 4) is 0 Å². The first-order chi connectivity index (χ1) is 9.59. The van der Waals surface area contributed by atoms with Crippen LogP contribution in [0.4, 0.5) is 8.78 Å². The van der Waals surface area contributed by atoms with Gasteiger partial charge in [0.2, 0.25) is 0 Å². The second-order valence-corrected chi connectivity index (χ2v) is 5.32. The predicted octanol–water partition coefficient (Wildman–Crippen LogP) is 2.95. The highest BCUT2D eigenvalue weighted by atomic mass is 19.1. The maximum absolute atomic E-state index is 13.4. The van der Waals surface area contributed by atoms with Gasteiger partial charge in [-0.05, 0) is 37.4 Å². The third-order valence-electron chi connectivity index (χ3n) is 4.00. The van der Waals surface area contributed by atoms with E-state index in [4.69, 9.17) is 5.11 Å². The Kier molecular flexibility index (Phi) is 5.06. The molecule has 0 radical (unpaired) electrons. The molecule has 0 aliphatic heterocycles. The first-order valence-corrected chi connectivity index (χ1v) is 6.96. The largest absolute Gasteiger partial charge is 0.481 e. The van der Waals surface area contributed by atoms with Crippen molar-refractivity contribution in [1.29, 1.82) is 0 Å². The molecule has 0 amide bonds. The summed E-state index contributed by atoms with van der Waals surface area (Å²) in [4.78, 5) is 11.2. The second-order valence-electron chi connectivity index (χ2n) is 5.32. The van der Waals surface area contributed by atoms with Crippen LogP contribution in [0.1, 0.15) is 31.2 Å². The van der Waals surface area contributed by atoms with Gasteiger partial charge in [-0.1, -0.05) is 18.9 Å². The molecule has 2 atom stereocenters. The third-order valence-corrected chi connectivity index (χ3v) is 4.00. The van der Waals surface area contributed by atoms with Crippen LogP contribution in [0.5, 0.6) is 0 Å². The van der Waals surface area contributed by atoms with Gasteiger partial charge in [0.25, 0.3) is 0 Å². The number of hydrogen-bond acceptors (Lipinski definition) is 2. The molecule has 20 heavy (non-hydrogen) atoms. The van der Waals surface area contributed by atoms with Gasteiger partial charge in [-0.3, -0.25) is 4.79 Å². The van der Waals surface area contributed by atoms with Crippen molar-refractivity contribution < 1.29 is 18.7 Å². The molecule has 1 aromatic rings. The van der Waals surface area contributed by atoms with Gasteiger partial charge in [0, 0.05) is 12.1 Å². The minimum atomic E-state index is -0.770. The van der Waals surface area contributed by atoms with E-state index < -0.39 is 17.6 Å². The Labute approximate surface area is 117 Å². The summed E-state index contributed by atoms with van der Waals surface area (Å²) in [6.45, 7) is 0.562. The molecular formula is C15H19F2NO2. The van der Waals surface area contributed by atoms with Crippen molar-refractivity contribution in [2.45, 2.75) is 32.2 Å². The number of rotatable bonds is 5. The smallest absolute Gasteiger partial charge is 0.306 e. The second kappa shape index (κ2) is 6.79. The lowest BCUT2D eigenvalue weighted by molar-refractivity contribution is -0.144. The Morgan fingerprint density at radius 1 is 1.25 bits per heavy atom. The molecule has 1 fully saturated rings. The highest BCUT2D eigenvalue weighted by molar-refractivity contribution is 5.70. The number of carboxylic acid groups (broad SMARTS) is 1. The van der Waals surface area contributed by atoms with Crippen LogP contribution < -0.4 is 5.32 Å². The number of benzene rings is 1. The molecule has 1 aliphatic rings. The van der Waals surface area contributed by atoms with E-state index in [0.717, 1.165) is 19.3 Å². The Morgan fingerprint density at radius 2 is 1.90 bits per heavy atom. The summed E-state index contributed by atoms with van der Waals surface area (Å²) < 4.78 is 26.9. The Balaban J connectivity index is 1.90. The normalized spacial score (nSPS) is 22.7. The summed E-state index contributed by atoms with van der Waals surface area (Å²) in [6.07, 6.45) is 3.50. The van der Waals surface area contributed by atoms with E-state index in [1.54, 1.807) is 0 Å². The highest BCUT2D eigenvalue weighted by Crippen LogP contribution is 2.29. The molecule has 0 bridgehead atoms. The highest BCUT2D eigenvalue weighted by Gasteiger charge is 2.30. The number of carboxylic acids is 1. The monoisotopic (exact) mass is 283 g/mol. The van der Waals surface area contributed by atoms with E-state index in [9.17, 15) is 13.6 Å². The molecule has 0 aromatic heterocycles. The van der Waals surface area contributed by atoms with E-state index in [1.165, 1.54) is 18.2 Å². The van der Waals surface area contributed by atoms with Crippen molar-refractivity contribution in [3.05, 3.63) is 35.4 Å². The molecular weight excluding hydrogens is 264 g/mol. The Hall–Kier alpha value is -1.49. The van der Waals surface area contributed by atoms with Crippen molar-refractivity contribution in [3.63, 3.8) is 0 Å². The first kappa shape index (κ1) is 14.9. The number of halogens is 2. The minimum Gasteiger partial charge on any atom is -0.481 e. The molecule has 1 aromatic carbocycles. The number of aliphatic carboxylic acids is 1. The zero-order valence-electron chi connectivity index (χ0n) is 11.2. The van der Waals surface area contributed by atoms with Gasteiger partial charge in [-0.2, -0.15) is 0 Å². The standard InChI is InChI=1S/C15H19F2NO2/c16-13-6-3-7-14(17)12(13)9-18-8-10-4-1-2-5-11(10)15(19)20/h3,6-7,10-11,18H,1-2,4-5,8-9H2,(H,19,20). The van der Waals surface area contributed by atoms with Gasteiger partial charge in [0.1, 0.15) is 11.6 Å². The van der Waals surface area contributed by atoms with Crippen molar-refractivity contribution in [2.75, 3.05) is 6.54 Å². The predicted molar refractivity (Wildman–Crippen MR) is 71.1 cm³/mol. The fraction of sp³-hybridized carbons (Fsp3) is 0.533. The first-order valence-electron chi connectivity index (χ1n) is 6.96. The molecule has 3 nitrogen and oxygen atoms in total. The fourth-order valence-corrected chi connectivity index (χ4v) is 2.86. The Bertz CT molecular complexity index is 459. The lowest BCUT2D eigenvalue weighted by Crippen LogP contribution is -2.34. The summed E-state index contributed by atoms with van der Waals surface area (Å²) >= 11 is 0. The third kappa shape index (κ3) is 3.54. The number of nitrogens with one attached hydrogen (secondary N) is 1. The van der Waals surface area contributed by atoms with Crippen LogP contribution in [0.25, 0.3) is 0 Å². The van der Waals surface area contributed by atoms with Gasteiger partial charge in [0.15, 0.2) is 0 Å². The minimum absolute atomic E-state index is 0.00943. The molecule has 2 unspecified atom stereocenters. The van der Waals surface area contributed by atoms with Crippen LogP contribution in [0.3, 0.4) is 0 Å². The van der Waals surface area contributed by atoms with Crippen LogP contribution in [0.2, 0.25) is 0 Å². The van der Waals surface area contributed by atoms with Gasteiger partial charge in [-0.15, -0.1) is 0 Å². The van der Waals surface area contributed by atoms with Crippen LogP contribution in [-0.2, 0) is 11.3 Å². The molecule has 2 N–H and O–H groups in total. The van der Waals surface area contributed by atoms with Crippen LogP contribution in [-0.4, -0.2) is 17.6 Å². The lowest BCUT2D eigenvalue weighted by atomic mass is 9.79. The summed E-state index contributed by atoms with van der Waals surface area (Å²) in [5.41, 5.74) is 0.00943. The molecule has 1 saturated carbocycles. The lowest BCUT2D eigenvalue weighted by Gasteiger charge is -2.28. The number of hydrogen-bond donors (Lipinski definition) is 2. The summed E-state index contributed by atoms with van der Waals surface area (Å²) in [5, 5.41) is 12.2. The summed E-state index contributed by atoms with van der Waals surface area (Å²) in [5.74, 6) is -2.22. The molecule has 0 heterocycles. The molecule has 0 spiro atoms. The average molecular weight is 283 g/mol. The quantitative estimate of drug-likeness (QED) is 0.873. The number of carbonyl (C=O) groups is 1.